The number of aliphatic hydroxyl groups is 1. The molecule has 2 aromatic rings. The van der Waals surface area contributed by atoms with Crippen molar-refractivity contribution >= 4 is 18.0 Å². The van der Waals surface area contributed by atoms with Gasteiger partial charge in [-0.3, -0.25) is 9.59 Å². The number of aliphatic carboxylic acids is 1. The van der Waals surface area contributed by atoms with E-state index in [9.17, 15) is 24.6 Å². The summed E-state index contributed by atoms with van der Waals surface area (Å²) < 4.78 is 5.46. The van der Waals surface area contributed by atoms with Crippen LogP contribution in [0.15, 0.2) is 48.5 Å². The van der Waals surface area contributed by atoms with Gasteiger partial charge in [-0.25, -0.2) is 4.79 Å². The minimum atomic E-state index is -1.31. The van der Waals surface area contributed by atoms with E-state index in [0.717, 1.165) is 47.9 Å². The third kappa shape index (κ3) is 6.00. The quantitative estimate of drug-likeness (QED) is 0.428. The highest BCUT2D eigenvalue weighted by Gasteiger charge is 2.32. The fraction of sp³-hybridized carbons (Fsp3) is 0.444. The Bertz CT molecular complexity index is 1030. The third-order valence-electron chi connectivity index (χ3n) is 6.96. The molecule has 0 aromatic heterocycles. The first-order valence-corrected chi connectivity index (χ1v) is 12.2. The molecule has 186 valence electrons. The van der Waals surface area contributed by atoms with E-state index < -0.39 is 36.0 Å². The predicted octanol–water partition coefficient (Wildman–Crippen LogP) is 3.57. The van der Waals surface area contributed by atoms with Gasteiger partial charge in [0, 0.05) is 12.5 Å². The van der Waals surface area contributed by atoms with E-state index in [2.05, 4.69) is 10.6 Å². The number of hydrogen-bond acceptors (Lipinski definition) is 5. The van der Waals surface area contributed by atoms with Crippen LogP contribution in [0.1, 0.15) is 62.0 Å². The Labute approximate surface area is 204 Å². The lowest BCUT2D eigenvalue weighted by atomic mass is 9.94. The average molecular weight is 481 g/mol. The summed E-state index contributed by atoms with van der Waals surface area (Å²) in [6.45, 7) is 0.0787. The monoisotopic (exact) mass is 480 g/mol. The first-order chi connectivity index (χ1) is 16.9. The zero-order valence-electron chi connectivity index (χ0n) is 19.7. The molecule has 8 heteroatoms. The molecule has 1 atom stereocenters. The highest BCUT2D eigenvalue weighted by molar-refractivity contribution is 5.89. The van der Waals surface area contributed by atoms with E-state index in [-0.39, 0.29) is 19.1 Å². The van der Waals surface area contributed by atoms with Gasteiger partial charge in [-0.1, -0.05) is 74.2 Å². The third-order valence-corrected chi connectivity index (χ3v) is 6.96. The fourth-order valence-corrected chi connectivity index (χ4v) is 5.10. The van der Waals surface area contributed by atoms with Crippen molar-refractivity contribution in [3.05, 3.63) is 59.7 Å². The first kappa shape index (κ1) is 24.7. The second kappa shape index (κ2) is 10.9. The number of alkyl carbamates (subject to hydrolysis) is 1. The summed E-state index contributed by atoms with van der Waals surface area (Å²) in [5, 5.41) is 25.0. The van der Waals surface area contributed by atoms with Gasteiger partial charge in [-0.05, 0) is 35.1 Å². The number of ether oxygens (including phenoxy) is 1. The van der Waals surface area contributed by atoms with E-state index in [1.165, 1.54) is 0 Å². The van der Waals surface area contributed by atoms with Crippen LogP contribution in [0.25, 0.3) is 11.1 Å². The molecule has 2 amide bonds. The summed E-state index contributed by atoms with van der Waals surface area (Å²) in [7, 11) is 0. The van der Waals surface area contributed by atoms with E-state index in [1.54, 1.807) is 0 Å². The number of amides is 2. The number of carbonyl (C=O) groups excluding carboxylic acids is 2. The van der Waals surface area contributed by atoms with Crippen molar-refractivity contribution in [2.24, 2.45) is 0 Å². The molecule has 1 unspecified atom stereocenters. The molecule has 1 saturated carbocycles. The van der Waals surface area contributed by atoms with Gasteiger partial charge in [0.1, 0.15) is 12.6 Å². The van der Waals surface area contributed by atoms with Crippen LogP contribution in [0.2, 0.25) is 0 Å². The fourth-order valence-electron chi connectivity index (χ4n) is 5.10. The zero-order chi connectivity index (χ0) is 24.8. The highest BCUT2D eigenvalue weighted by atomic mass is 16.5. The molecule has 35 heavy (non-hydrogen) atoms. The summed E-state index contributed by atoms with van der Waals surface area (Å²) in [5.74, 6) is -2.03. The Kier molecular flexibility index (Phi) is 7.70. The van der Waals surface area contributed by atoms with Gasteiger partial charge in [-0.2, -0.15) is 0 Å². The van der Waals surface area contributed by atoms with E-state index >= 15 is 0 Å². The van der Waals surface area contributed by atoms with Crippen molar-refractivity contribution in [2.45, 2.75) is 62.5 Å². The van der Waals surface area contributed by atoms with Gasteiger partial charge in [0.25, 0.3) is 0 Å². The van der Waals surface area contributed by atoms with Crippen molar-refractivity contribution in [3.8, 4) is 11.1 Å². The van der Waals surface area contributed by atoms with Crippen LogP contribution in [0.3, 0.4) is 0 Å². The molecular weight excluding hydrogens is 448 g/mol. The molecule has 0 heterocycles. The van der Waals surface area contributed by atoms with Gasteiger partial charge in [0.2, 0.25) is 5.91 Å². The van der Waals surface area contributed by atoms with Gasteiger partial charge >= 0.3 is 12.1 Å². The number of carbonyl (C=O) groups is 3. The molecule has 2 aromatic carbocycles. The van der Waals surface area contributed by atoms with Gasteiger partial charge in [0.05, 0.1) is 12.0 Å². The zero-order valence-corrected chi connectivity index (χ0v) is 19.7. The summed E-state index contributed by atoms with van der Waals surface area (Å²) >= 11 is 0. The van der Waals surface area contributed by atoms with E-state index in [0.29, 0.717) is 12.8 Å². The summed E-state index contributed by atoms with van der Waals surface area (Å²) in [6.07, 6.45) is 3.55. The molecule has 8 nitrogen and oxygen atoms in total. The minimum absolute atomic E-state index is 0.0221. The lowest BCUT2D eigenvalue weighted by molar-refractivity contribution is -0.140. The van der Waals surface area contributed by atoms with Crippen molar-refractivity contribution in [2.75, 3.05) is 13.2 Å². The topological polar surface area (TPSA) is 125 Å². The van der Waals surface area contributed by atoms with E-state index in [1.807, 2.05) is 48.5 Å². The molecule has 4 rings (SSSR count). The first-order valence-electron chi connectivity index (χ1n) is 12.2. The number of carboxylic acids is 1. The van der Waals surface area contributed by atoms with Crippen molar-refractivity contribution in [1.82, 2.24) is 10.6 Å². The molecule has 4 N–H and O–H groups in total. The number of carboxylic acid groups (broad SMARTS) is 1. The van der Waals surface area contributed by atoms with Crippen LogP contribution in [0, 0.1) is 0 Å². The Morgan fingerprint density at radius 1 is 0.943 bits per heavy atom. The lowest BCUT2D eigenvalue weighted by Crippen LogP contribution is -2.51. The second-order valence-corrected chi connectivity index (χ2v) is 9.48. The van der Waals surface area contributed by atoms with Crippen LogP contribution in [-0.2, 0) is 14.3 Å². The Hall–Kier alpha value is -3.39. The Morgan fingerprint density at radius 2 is 1.51 bits per heavy atom. The molecule has 0 spiro atoms. The largest absolute Gasteiger partial charge is 0.481 e. The Balaban J connectivity index is 1.36. The molecule has 1 fully saturated rings. The summed E-state index contributed by atoms with van der Waals surface area (Å²) in [6, 6.07) is 14.6. The molecule has 0 aliphatic heterocycles. The summed E-state index contributed by atoms with van der Waals surface area (Å²) in [4.78, 5) is 36.6. The van der Waals surface area contributed by atoms with Crippen LogP contribution in [0.4, 0.5) is 4.79 Å². The van der Waals surface area contributed by atoms with Crippen LogP contribution in [0.5, 0.6) is 0 Å². The maximum Gasteiger partial charge on any atom is 0.407 e. The van der Waals surface area contributed by atoms with Gasteiger partial charge in [0.15, 0.2) is 0 Å². The van der Waals surface area contributed by atoms with Crippen LogP contribution in [-0.4, -0.2) is 53.0 Å². The standard InChI is InChI=1S/C27H32N2O6/c30-24(31)15-23(25(32)28-17-27(34)13-7-1-2-8-14-27)29-26(33)35-16-22-20-11-5-3-9-18(20)19-10-4-6-12-21(19)22/h3-6,9-12,22-23,34H,1-2,7-8,13-17H2,(H,28,32)(H,29,33)(H,30,31). The number of nitrogens with one attached hydrogen (secondary N) is 2. The van der Waals surface area contributed by atoms with Gasteiger partial charge < -0.3 is 25.6 Å². The average Bonchev–Trinajstić information content (AvgIpc) is 2.99. The molecule has 2 aliphatic carbocycles. The minimum Gasteiger partial charge on any atom is -0.481 e. The van der Waals surface area contributed by atoms with E-state index in [4.69, 9.17) is 4.74 Å². The molecule has 0 saturated heterocycles. The SMILES string of the molecule is O=C(O)CC(NC(=O)OCC1c2ccccc2-c2ccccc21)C(=O)NCC1(O)CCCCCC1. The number of benzene rings is 2. The number of fused-ring (bicyclic) bond motifs is 3. The van der Waals surface area contributed by atoms with Gasteiger partial charge in [-0.15, -0.1) is 0 Å². The van der Waals surface area contributed by atoms with Crippen molar-refractivity contribution < 1.29 is 29.3 Å². The Morgan fingerprint density at radius 3 is 2.09 bits per heavy atom. The number of rotatable bonds is 8. The van der Waals surface area contributed by atoms with Crippen molar-refractivity contribution in [3.63, 3.8) is 0 Å². The second-order valence-electron chi connectivity index (χ2n) is 9.48. The predicted molar refractivity (Wildman–Crippen MR) is 130 cm³/mol. The maximum absolute atomic E-state index is 12.7. The lowest BCUT2D eigenvalue weighted by Gasteiger charge is -2.28. The maximum atomic E-state index is 12.7. The molecule has 0 radical (unpaired) electrons. The normalized spacial score (nSPS) is 17.4. The molecule has 0 bridgehead atoms. The highest BCUT2D eigenvalue weighted by Crippen LogP contribution is 2.44. The molecule has 2 aliphatic rings. The van der Waals surface area contributed by atoms with Crippen LogP contribution < -0.4 is 10.6 Å². The van der Waals surface area contributed by atoms with Crippen LogP contribution >= 0.6 is 0 Å². The smallest absolute Gasteiger partial charge is 0.407 e. The molecular formula is C27H32N2O6. The number of hydrogen-bond donors (Lipinski definition) is 4. The summed E-state index contributed by atoms with van der Waals surface area (Å²) in [5.41, 5.74) is 3.29. The van der Waals surface area contributed by atoms with Crippen molar-refractivity contribution in [1.29, 1.82) is 0 Å².